The second kappa shape index (κ2) is 6.20. The highest BCUT2D eigenvalue weighted by molar-refractivity contribution is 5.30. The summed E-state index contributed by atoms with van der Waals surface area (Å²) in [5.41, 5.74) is 2.07. The average molecular weight is 271 g/mol. The van der Waals surface area contributed by atoms with E-state index in [4.69, 9.17) is 4.74 Å². The Morgan fingerprint density at radius 1 is 1.25 bits per heavy atom. The van der Waals surface area contributed by atoms with E-state index in [-0.39, 0.29) is 0 Å². The zero-order valence-electron chi connectivity index (χ0n) is 11.8. The molecule has 3 rings (SSSR count). The molecular formula is C16H21N3O. The van der Waals surface area contributed by atoms with Crippen LogP contribution in [0.4, 0.5) is 0 Å². The van der Waals surface area contributed by atoms with Crippen molar-refractivity contribution >= 4 is 0 Å². The van der Waals surface area contributed by atoms with E-state index in [0.29, 0.717) is 12.7 Å². The van der Waals surface area contributed by atoms with Gasteiger partial charge in [-0.2, -0.15) is 5.10 Å². The van der Waals surface area contributed by atoms with E-state index in [9.17, 15) is 0 Å². The van der Waals surface area contributed by atoms with Gasteiger partial charge in [0, 0.05) is 6.20 Å². The molecule has 20 heavy (non-hydrogen) atoms. The number of benzene rings is 1. The fourth-order valence-corrected chi connectivity index (χ4v) is 2.63. The third-order valence-electron chi connectivity index (χ3n) is 3.82. The molecular weight excluding hydrogens is 250 g/mol. The lowest BCUT2D eigenvalue weighted by Crippen LogP contribution is -2.36. The molecule has 1 N–H and O–H groups in total. The molecule has 1 heterocycles. The van der Waals surface area contributed by atoms with E-state index in [1.165, 1.54) is 12.8 Å². The SMILES string of the molecule is CNCC1CC(OCc2ccn(-c3ccccc3)n2)C1. The quantitative estimate of drug-likeness (QED) is 0.877. The number of hydrogen-bond donors (Lipinski definition) is 1. The number of aromatic nitrogens is 2. The highest BCUT2D eigenvalue weighted by Gasteiger charge is 2.29. The summed E-state index contributed by atoms with van der Waals surface area (Å²) in [4.78, 5) is 0. The third kappa shape index (κ3) is 3.08. The number of rotatable bonds is 6. The maximum Gasteiger partial charge on any atom is 0.0910 e. The molecule has 4 nitrogen and oxygen atoms in total. The van der Waals surface area contributed by atoms with Gasteiger partial charge in [0.1, 0.15) is 0 Å². The number of nitrogens with zero attached hydrogens (tertiary/aromatic N) is 2. The van der Waals surface area contributed by atoms with Crippen LogP contribution in [-0.2, 0) is 11.3 Å². The second-order valence-corrected chi connectivity index (χ2v) is 5.42. The molecule has 0 unspecified atom stereocenters. The molecule has 1 aliphatic carbocycles. The first-order valence-corrected chi connectivity index (χ1v) is 7.21. The fourth-order valence-electron chi connectivity index (χ4n) is 2.63. The normalized spacial score (nSPS) is 21.6. The largest absolute Gasteiger partial charge is 0.372 e. The lowest BCUT2D eigenvalue weighted by molar-refractivity contribution is -0.0403. The Bertz CT molecular complexity index is 532. The van der Waals surface area contributed by atoms with Crippen LogP contribution in [0.5, 0.6) is 0 Å². The molecule has 1 fully saturated rings. The van der Waals surface area contributed by atoms with E-state index in [0.717, 1.165) is 23.8 Å². The minimum atomic E-state index is 0.412. The Morgan fingerprint density at radius 2 is 2.05 bits per heavy atom. The molecule has 0 aliphatic heterocycles. The highest BCUT2D eigenvalue weighted by atomic mass is 16.5. The summed E-state index contributed by atoms with van der Waals surface area (Å²) >= 11 is 0. The maximum atomic E-state index is 5.89. The molecule has 1 aromatic heterocycles. The molecule has 106 valence electrons. The molecule has 4 heteroatoms. The Labute approximate surface area is 119 Å². The first-order chi connectivity index (χ1) is 9.85. The van der Waals surface area contributed by atoms with Crippen LogP contribution in [0.1, 0.15) is 18.5 Å². The molecule has 0 radical (unpaired) electrons. The van der Waals surface area contributed by atoms with E-state index in [1.807, 2.05) is 54.3 Å². The minimum Gasteiger partial charge on any atom is -0.372 e. The zero-order chi connectivity index (χ0) is 13.8. The highest BCUT2D eigenvalue weighted by Crippen LogP contribution is 2.29. The van der Waals surface area contributed by atoms with Crippen molar-refractivity contribution in [2.24, 2.45) is 5.92 Å². The Balaban J connectivity index is 1.49. The maximum absolute atomic E-state index is 5.89. The van der Waals surface area contributed by atoms with Crippen molar-refractivity contribution in [3.05, 3.63) is 48.3 Å². The zero-order valence-corrected chi connectivity index (χ0v) is 11.8. The van der Waals surface area contributed by atoms with Gasteiger partial charge < -0.3 is 10.1 Å². The first kappa shape index (κ1) is 13.3. The summed E-state index contributed by atoms with van der Waals surface area (Å²) < 4.78 is 7.78. The minimum absolute atomic E-state index is 0.412. The van der Waals surface area contributed by atoms with Gasteiger partial charge in [0.25, 0.3) is 0 Å². The lowest BCUT2D eigenvalue weighted by atomic mass is 9.82. The van der Waals surface area contributed by atoms with Crippen molar-refractivity contribution in [2.45, 2.75) is 25.6 Å². The summed E-state index contributed by atoms with van der Waals surface area (Å²) in [6.45, 7) is 1.71. The lowest BCUT2D eigenvalue weighted by Gasteiger charge is -2.34. The van der Waals surface area contributed by atoms with Gasteiger partial charge in [0.2, 0.25) is 0 Å². The second-order valence-electron chi connectivity index (χ2n) is 5.42. The molecule has 0 spiro atoms. The van der Waals surface area contributed by atoms with E-state index >= 15 is 0 Å². The summed E-state index contributed by atoms with van der Waals surface area (Å²) in [5.74, 6) is 0.784. The molecule has 0 bridgehead atoms. The van der Waals surface area contributed by atoms with E-state index < -0.39 is 0 Å². The number of ether oxygens (including phenoxy) is 1. The number of para-hydroxylation sites is 1. The number of hydrogen-bond acceptors (Lipinski definition) is 3. The molecule has 2 aromatic rings. The smallest absolute Gasteiger partial charge is 0.0910 e. The van der Waals surface area contributed by atoms with Gasteiger partial charge in [-0.25, -0.2) is 4.68 Å². The van der Waals surface area contributed by atoms with Crippen molar-refractivity contribution in [2.75, 3.05) is 13.6 Å². The van der Waals surface area contributed by atoms with Crippen molar-refractivity contribution in [3.63, 3.8) is 0 Å². The van der Waals surface area contributed by atoms with Gasteiger partial charge in [-0.1, -0.05) is 18.2 Å². The van der Waals surface area contributed by atoms with Gasteiger partial charge in [0.15, 0.2) is 0 Å². The van der Waals surface area contributed by atoms with Gasteiger partial charge >= 0.3 is 0 Å². The summed E-state index contributed by atoms with van der Waals surface area (Å²) in [6.07, 6.45) is 4.73. The van der Waals surface area contributed by atoms with Crippen LogP contribution >= 0.6 is 0 Å². The predicted molar refractivity (Wildman–Crippen MR) is 78.8 cm³/mol. The van der Waals surface area contributed by atoms with Crippen LogP contribution in [0.2, 0.25) is 0 Å². The van der Waals surface area contributed by atoms with Crippen LogP contribution in [0.15, 0.2) is 42.6 Å². The predicted octanol–water partition coefficient (Wildman–Crippen LogP) is 2.39. The van der Waals surface area contributed by atoms with Gasteiger partial charge in [-0.15, -0.1) is 0 Å². The van der Waals surface area contributed by atoms with E-state index in [2.05, 4.69) is 10.4 Å². The Kier molecular flexibility index (Phi) is 4.14. The van der Waals surface area contributed by atoms with Crippen LogP contribution in [-0.4, -0.2) is 29.5 Å². The molecule has 0 amide bonds. The molecule has 1 saturated carbocycles. The molecule has 1 aromatic carbocycles. The van der Waals surface area contributed by atoms with Gasteiger partial charge in [-0.05, 0) is 50.6 Å². The average Bonchev–Trinajstić information content (AvgIpc) is 2.91. The van der Waals surface area contributed by atoms with Crippen LogP contribution in [0.3, 0.4) is 0 Å². The van der Waals surface area contributed by atoms with Crippen LogP contribution < -0.4 is 5.32 Å². The molecule has 0 atom stereocenters. The van der Waals surface area contributed by atoms with Crippen molar-refractivity contribution in [1.29, 1.82) is 0 Å². The monoisotopic (exact) mass is 271 g/mol. The Morgan fingerprint density at radius 3 is 2.80 bits per heavy atom. The standard InChI is InChI=1S/C16H21N3O/c1-17-11-13-9-16(10-13)20-12-14-7-8-19(18-14)15-5-3-2-4-6-15/h2-8,13,16-17H,9-12H2,1H3. The summed E-state index contributed by atoms with van der Waals surface area (Å²) in [7, 11) is 2.00. The van der Waals surface area contributed by atoms with Crippen LogP contribution in [0, 0.1) is 5.92 Å². The van der Waals surface area contributed by atoms with Gasteiger partial charge in [-0.3, -0.25) is 0 Å². The van der Waals surface area contributed by atoms with Crippen molar-refractivity contribution < 1.29 is 4.74 Å². The number of nitrogens with one attached hydrogen (secondary N) is 1. The summed E-state index contributed by atoms with van der Waals surface area (Å²) in [5, 5.41) is 7.76. The Hall–Kier alpha value is -1.65. The topological polar surface area (TPSA) is 39.1 Å². The molecule has 0 saturated heterocycles. The van der Waals surface area contributed by atoms with Crippen molar-refractivity contribution in [3.8, 4) is 5.69 Å². The third-order valence-corrected chi connectivity index (χ3v) is 3.82. The first-order valence-electron chi connectivity index (χ1n) is 7.21. The van der Waals surface area contributed by atoms with E-state index in [1.54, 1.807) is 0 Å². The van der Waals surface area contributed by atoms with Gasteiger partial charge in [0.05, 0.1) is 24.1 Å². The van der Waals surface area contributed by atoms with Crippen LogP contribution in [0.25, 0.3) is 5.69 Å². The summed E-state index contributed by atoms with van der Waals surface area (Å²) in [6, 6.07) is 12.2. The fraction of sp³-hybridized carbons (Fsp3) is 0.438. The van der Waals surface area contributed by atoms with Crippen molar-refractivity contribution in [1.82, 2.24) is 15.1 Å². The molecule has 1 aliphatic rings.